The molecule has 10 nitrogen and oxygen atoms in total. The van der Waals surface area contributed by atoms with Crippen LogP contribution in [0, 0.1) is 5.92 Å². The molecule has 3 atom stereocenters. The molecule has 2 unspecified atom stereocenters. The van der Waals surface area contributed by atoms with Crippen LogP contribution < -0.4 is 11.1 Å². The summed E-state index contributed by atoms with van der Waals surface area (Å²) < 4.78 is 0. The van der Waals surface area contributed by atoms with Gasteiger partial charge in [-0.1, -0.05) is 72.4 Å². The van der Waals surface area contributed by atoms with Crippen LogP contribution in [0.2, 0.25) is 20.1 Å². The van der Waals surface area contributed by atoms with Crippen LogP contribution in [0.5, 0.6) is 0 Å². The Hall–Kier alpha value is -2.89. The van der Waals surface area contributed by atoms with Crippen LogP contribution in [0.4, 0.5) is 0 Å². The van der Waals surface area contributed by atoms with Gasteiger partial charge in [0.25, 0.3) is 0 Å². The summed E-state index contributed by atoms with van der Waals surface area (Å²) in [5, 5.41) is 29.3. The van der Waals surface area contributed by atoms with E-state index in [2.05, 4.69) is 5.32 Å². The first-order valence-corrected chi connectivity index (χ1v) is 12.7. The van der Waals surface area contributed by atoms with E-state index in [4.69, 9.17) is 57.2 Å². The summed E-state index contributed by atoms with van der Waals surface area (Å²) in [7, 11) is 0. The number of benzene rings is 2. The minimum Gasteiger partial charge on any atom is -0.480 e. The average molecular weight is 624 g/mol. The second kappa shape index (κ2) is 15.6. The quantitative estimate of drug-likeness (QED) is 0.225. The van der Waals surface area contributed by atoms with Gasteiger partial charge in [-0.05, 0) is 36.6 Å². The highest BCUT2D eigenvalue weighted by atomic mass is 35.5. The minimum atomic E-state index is -1.91. The molecule has 2 aromatic carbocycles. The fourth-order valence-corrected chi connectivity index (χ4v) is 4.65. The van der Waals surface area contributed by atoms with E-state index in [-0.39, 0.29) is 37.8 Å². The number of hydrogen-bond acceptors (Lipinski definition) is 6. The number of hydrogen-bond donors (Lipinski definition) is 5. The van der Waals surface area contributed by atoms with Crippen LogP contribution >= 0.6 is 46.4 Å². The molecule has 0 bridgehead atoms. The summed E-state index contributed by atoms with van der Waals surface area (Å²) in [4.78, 5) is 57.7. The summed E-state index contributed by atoms with van der Waals surface area (Å²) in [6.07, 6.45) is 0.561. The second-order valence-corrected chi connectivity index (χ2v) is 10.2. The third kappa shape index (κ3) is 9.98. The molecule has 0 saturated carbocycles. The zero-order chi connectivity index (χ0) is 30.0. The standard InChI is InChI=1S/C17H10Cl4O5.C8H16N2O3/c18-7-3-1-4-8(19)11(7)13(16(23)24)15(22)14(17(25)26)12-9(20)5-2-6-10(12)21;1-5(2)3-6(9)8(13)10-4-7(11)12/h1-6,13-14H,(H,23,24)(H,25,26);5-6H,3-4,9H2,1-2H3,(H,10,13)(H,11,12)/t;6-/m.0/s1. The van der Waals surface area contributed by atoms with E-state index in [1.54, 1.807) is 0 Å². The van der Waals surface area contributed by atoms with Gasteiger partial charge in [-0.3, -0.25) is 24.0 Å². The van der Waals surface area contributed by atoms with Gasteiger partial charge in [0.2, 0.25) is 5.91 Å². The van der Waals surface area contributed by atoms with E-state index in [9.17, 15) is 34.2 Å². The van der Waals surface area contributed by atoms with Crippen LogP contribution in [-0.2, 0) is 24.0 Å². The number of amides is 1. The lowest BCUT2D eigenvalue weighted by molar-refractivity contribution is -0.147. The lowest BCUT2D eigenvalue weighted by Crippen LogP contribution is -2.43. The fraction of sp³-hybridized carbons (Fsp3) is 0.320. The van der Waals surface area contributed by atoms with Crippen molar-refractivity contribution >= 4 is 76.0 Å². The largest absolute Gasteiger partial charge is 0.480 e. The van der Waals surface area contributed by atoms with Crippen LogP contribution in [0.15, 0.2) is 36.4 Å². The Balaban J connectivity index is 0.000000495. The van der Waals surface area contributed by atoms with Gasteiger partial charge < -0.3 is 26.4 Å². The van der Waals surface area contributed by atoms with Gasteiger partial charge in [-0.2, -0.15) is 0 Å². The van der Waals surface area contributed by atoms with E-state index in [1.807, 2.05) is 13.8 Å². The Kier molecular flexibility index (Phi) is 13.7. The first kappa shape index (κ1) is 34.1. The number of carboxylic acids is 3. The van der Waals surface area contributed by atoms with Crippen molar-refractivity contribution < 1.29 is 39.3 Å². The fourth-order valence-electron chi connectivity index (χ4n) is 3.42. The van der Waals surface area contributed by atoms with E-state index in [0.717, 1.165) is 0 Å². The molecule has 0 saturated heterocycles. The van der Waals surface area contributed by atoms with Gasteiger partial charge in [0, 0.05) is 31.2 Å². The van der Waals surface area contributed by atoms with Crippen molar-refractivity contribution in [1.82, 2.24) is 5.32 Å². The first-order valence-electron chi connectivity index (χ1n) is 11.2. The van der Waals surface area contributed by atoms with Gasteiger partial charge in [-0.25, -0.2) is 0 Å². The highest BCUT2D eigenvalue weighted by Gasteiger charge is 2.42. The molecule has 0 heterocycles. The van der Waals surface area contributed by atoms with Crippen molar-refractivity contribution in [3.63, 3.8) is 0 Å². The Morgan fingerprint density at radius 2 is 1.13 bits per heavy atom. The van der Waals surface area contributed by atoms with Crippen molar-refractivity contribution in [1.29, 1.82) is 0 Å². The zero-order valence-corrected chi connectivity index (χ0v) is 23.7. The molecule has 0 spiro atoms. The molecule has 1 amide bonds. The number of carbonyl (C=O) groups excluding carboxylic acids is 2. The summed E-state index contributed by atoms with van der Waals surface area (Å²) in [6.45, 7) is 3.53. The van der Waals surface area contributed by atoms with Gasteiger partial charge in [0.1, 0.15) is 18.4 Å². The van der Waals surface area contributed by atoms with Crippen molar-refractivity contribution in [3.8, 4) is 0 Å². The molecule has 2 rings (SSSR count). The van der Waals surface area contributed by atoms with E-state index < -0.39 is 47.5 Å². The monoisotopic (exact) mass is 622 g/mol. The van der Waals surface area contributed by atoms with Crippen LogP contribution in [-0.4, -0.2) is 57.5 Å². The molecule has 2 aromatic rings. The maximum Gasteiger partial charge on any atom is 0.322 e. The second-order valence-electron chi connectivity index (χ2n) is 8.56. The molecule has 0 radical (unpaired) electrons. The number of carboxylic acid groups (broad SMARTS) is 3. The van der Waals surface area contributed by atoms with Crippen molar-refractivity contribution in [2.24, 2.45) is 11.7 Å². The Morgan fingerprint density at radius 1 is 0.769 bits per heavy atom. The number of nitrogens with two attached hydrogens (primary N) is 1. The Morgan fingerprint density at radius 3 is 1.41 bits per heavy atom. The predicted molar refractivity (Wildman–Crippen MR) is 147 cm³/mol. The highest BCUT2D eigenvalue weighted by molar-refractivity contribution is 6.39. The van der Waals surface area contributed by atoms with Gasteiger partial charge in [0.15, 0.2) is 5.78 Å². The number of rotatable bonds is 11. The zero-order valence-electron chi connectivity index (χ0n) is 20.7. The maximum atomic E-state index is 12.9. The van der Waals surface area contributed by atoms with E-state index in [0.29, 0.717) is 12.3 Å². The normalized spacial score (nSPS) is 12.9. The van der Waals surface area contributed by atoms with Gasteiger partial charge in [-0.15, -0.1) is 0 Å². The minimum absolute atomic E-state index is 0.0763. The Labute approximate surface area is 244 Å². The number of carbonyl (C=O) groups is 5. The van der Waals surface area contributed by atoms with Crippen molar-refractivity contribution in [2.75, 3.05) is 6.54 Å². The highest BCUT2D eigenvalue weighted by Crippen LogP contribution is 2.39. The molecule has 0 aliphatic heterocycles. The summed E-state index contributed by atoms with van der Waals surface area (Å²) in [5.74, 6) is -9.34. The molecular formula is C25H26Cl4N2O8. The van der Waals surface area contributed by atoms with Crippen LogP contribution in [0.1, 0.15) is 43.2 Å². The number of ketones is 1. The van der Waals surface area contributed by atoms with E-state index in [1.165, 1.54) is 36.4 Å². The number of halogens is 4. The van der Waals surface area contributed by atoms with Crippen LogP contribution in [0.3, 0.4) is 0 Å². The SMILES string of the molecule is CC(C)C[C@H](N)C(=O)NCC(=O)O.O=C(O)C(C(=O)C(C(=O)O)c1c(Cl)cccc1Cl)c1c(Cl)cccc1Cl. The maximum absolute atomic E-state index is 12.9. The summed E-state index contributed by atoms with van der Waals surface area (Å²) in [6, 6.07) is 7.73. The summed E-state index contributed by atoms with van der Waals surface area (Å²) in [5.41, 5.74) is 5.12. The summed E-state index contributed by atoms with van der Waals surface area (Å²) >= 11 is 24.0. The first-order chi connectivity index (χ1) is 18.1. The molecular weight excluding hydrogens is 598 g/mol. The molecule has 0 aliphatic carbocycles. The molecule has 39 heavy (non-hydrogen) atoms. The number of Topliss-reactive ketones (excluding diaryl/α,β-unsaturated/α-hetero) is 1. The number of aliphatic carboxylic acids is 3. The Bertz CT molecular complexity index is 1130. The van der Waals surface area contributed by atoms with E-state index >= 15 is 0 Å². The molecule has 0 aliphatic rings. The van der Waals surface area contributed by atoms with Crippen molar-refractivity contribution in [2.45, 2.75) is 38.1 Å². The number of nitrogens with one attached hydrogen (secondary N) is 1. The van der Waals surface area contributed by atoms with Gasteiger partial charge >= 0.3 is 17.9 Å². The third-order valence-corrected chi connectivity index (χ3v) is 6.43. The molecule has 0 fully saturated rings. The predicted octanol–water partition coefficient (Wildman–Crippen LogP) is 4.47. The van der Waals surface area contributed by atoms with Crippen molar-refractivity contribution in [3.05, 3.63) is 67.6 Å². The average Bonchev–Trinajstić information content (AvgIpc) is 2.81. The third-order valence-electron chi connectivity index (χ3n) is 5.12. The molecule has 0 aromatic heterocycles. The topological polar surface area (TPSA) is 184 Å². The molecule has 212 valence electrons. The lowest BCUT2D eigenvalue weighted by Gasteiger charge is -2.21. The molecule has 14 heteroatoms. The molecule has 6 N–H and O–H groups in total. The lowest BCUT2D eigenvalue weighted by atomic mass is 9.83. The van der Waals surface area contributed by atoms with Crippen LogP contribution in [0.25, 0.3) is 0 Å². The smallest absolute Gasteiger partial charge is 0.322 e. The van der Waals surface area contributed by atoms with Gasteiger partial charge in [0.05, 0.1) is 6.04 Å².